The van der Waals surface area contributed by atoms with E-state index in [0.29, 0.717) is 32.7 Å². The highest BCUT2D eigenvalue weighted by atomic mass is 19.4. The summed E-state index contributed by atoms with van der Waals surface area (Å²) in [4.78, 5) is 15.1. The lowest BCUT2D eigenvalue weighted by Gasteiger charge is -2.33. The van der Waals surface area contributed by atoms with Crippen LogP contribution in [0.15, 0.2) is 0 Å². The average Bonchev–Trinajstić information content (AvgIpc) is 2.29. The third-order valence-corrected chi connectivity index (χ3v) is 2.73. The fraction of sp³-hybridized carbons (Fsp3) is 0.900. The van der Waals surface area contributed by atoms with E-state index in [1.807, 2.05) is 10.2 Å². The first-order valence-electron chi connectivity index (χ1n) is 5.80. The van der Waals surface area contributed by atoms with E-state index in [-0.39, 0.29) is 13.2 Å². The maximum atomic E-state index is 11.9. The molecule has 1 heterocycles. The fourth-order valence-corrected chi connectivity index (χ4v) is 1.77. The van der Waals surface area contributed by atoms with Crippen molar-refractivity contribution in [1.82, 2.24) is 15.1 Å². The van der Waals surface area contributed by atoms with Crippen molar-refractivity contribution < 1.29 is 23.1 Å². The van der Waals surface area contributed by atoms with Crippen LogP contribution in [-0.4, -0.2) is 79.4 Å². The SMILES string of the molecule is O=C(CN1CCN(CCO)CC1)NCC(F)(F)F. The van der Waals surface area contributed by atoms with Gasteiger partial charge in [0, 0.05) is 32.7 Å². The van der Waals surface area contributed by atoms with Crippen molar-refractivity contribution >= 4 is 5.91 Å². The van der Waals surface area contributed by atoms with Crippen LogP contribution >= 0.6 is 0 Å². The van der Waals surface area contributed by atoms with Gasteiger partial charge in [-0.1, -0.05) is 0 Å². The van der Waals surface area contributed by atoms with Gasteiger partial charge in [-0.2, -0.15) is 13.2 Å². The molecule has 0 aromatic rings. The standard InChI is InChI=1S/C10H18F3N3O2/c11-10(12,13)8-14-9(18)7-16-3-1-15(2-4-16)5-6-17/h17H,1-8H2,(H,14,18). The molecular weight excluding hydrogens is 251 g/mol. The van der Waals surface area contributed by atoms with Crippen LogP contribution < -0.4 is 5.32 Å². The Hall–Kier alpha value is -0.860. The Labute approximate surface area is 104 Å². The summed E-state index contributed by atoms with van der Waals surface area (Å²) in [6.07, 6.45) is -4.37. The second-order valence-electron chi connectivity index (χ2n) is 4.23. The summed E-state index contributed by atoms with van der Waals surface area (Å²) in [7, 11) is 0. The molecule has 0 atom stereocenters. The van der Waals surface area contributed by atoms with Crippen LogP contribution in [0.2, 0.25) is 0 Å². The molecule has 18 heavy (non-hydrogen) atoms. The average molecular weight is 269 g/mol. The Balaban J connectivity index is 2.18. The number of amides is 1. The predicted molar refractivity (Wildman–Crippen MR) is 59.0 cm³/mol. The highest BCUT2D eigenvalue weighted by Crippen LogP contribution is 2.12. The summed E-state index contributed by atoms with van der Waals surface area (Å²) >= 11 is 0. The van der Waals surface area contributed by atoms with E-state index in [2.05, 4.69) is 0 Å². The first-order chi connectivity index (χ1) is 8.40. The zero-order valence-corrected chi connectivity index (χ0v) is 10.0. The van der Waals surface area contributed by atoms with Crippen LogP contribution in [0, 0.1) is 0 Å². The molecule has 1 fully saturated rings. The van der Waals surface area contributed by atoms with Gasteiger partial charge in [0.2, 0.25) is 5.91 Å². The topological polar surface area (TPSA) is 55.8 Å². The van der Waals surface area contributed by atoms with Crippen LogP contribution in [0.5, 0.6) is 0 Å². The number of nitrogens with one attached hydrogen (secondary N) is 1. The fourth-order valence-electron chi connectivity index (χ4n) is 1.77. The minimum absolute atomic E-state index is 0.0109. The van der Waals surface area contributed by atoms with Crippen molar-refractivity contribution in [3.8, 4) is 0 Å². The molecule has 0 bridgehead atoms. The third kappa shape index (κ3) is 6.18. The molecule has 106 valence electrons. The molecule has 2 N–H and O–H groups in total. The van der Waals surface area contributed by atoms with Crippen LogP contribution in [0.1, 0.15) is 0 Å². The largest absolute Gasteiger partial charge is 0.405 e. The normalized spacial score (nSPS) is 18.9. The smallest absolute Gasteiger partial charge is 0.395 e. The minimum atomic E-state index is -4.37. The maximum absolute atomic E-state index is 11.9. The quantitative estimate of drug-likeness (QED) is 0.691. The number of rotatable bonds is 5. The van der Waals surface area contributed by atoms with E-state index >= 15 is 0 Å². The molecule has 0 aromatic carbocycles. The van der Waals surface area contributed by atoms with Crippen LogP contribution in [0.4, 0.5) is 13.2 Å². The number of alkyl halides is 3. The number of halogens is 3. The molecule has 0 saturated carbocycles. The molecule has 8 heteroatoms. The number of carbonyl (C=O) groups excluding carboxylic acids is 1. The van der Waals surface area contributed by atoms with Gasteiger partial charge >= 0.3 is 6.18 Å². The molecule has 0 unspecified atom stereocenters. The molecule has 1 saturated heterocycles. The summed E-state index contributed by atoms with van der Waals surface area (Å²) in [5.41, 5.74) is 0. The molecule has 0 aliphatic carbocycles. The molecular formula is C10H18F3N3O2. The van der Waals surface area contributed by atoms with Gasteiger partial charge in [-0.15, -0.1) is 0 Å². The van der Waals surface area contributed by atoms with Gasteiger partial charge in [-0.25, -0.2) is 0 Å². The second kappa shape index (κ2) is 6.91. The first-order valence-corrected chi connectivity index (χ1v) is 5.80. The lowest BCUT2D eigenvalue weighted by Crippen LogP contribution is -2.50. The van der Waals surface area contributed by atoms with E-state index in [9.17, 15) is 18.0 Å². The van der Waals surface area contributed by atoms with Gasteiger partial charge in [0.25, 0.3) is 0 Å². The van der Waals surface area contributed by atoms with E-state index in [0.717, 1.165) is 0 Å². The van der Waals surface area contributed by atoms with Gasteiger partial charge in [0.05, 0.1) is 13.2 Å². The monoisotopic (exact) mass is 269 g/mol. The number of aliphatic hydroxyl groups excluding tert-OH is 1. The number of carbonyl (C=O) groups is 1. The van der Waals surface area contributed by atoms with E-state index in [1.54, 1.807) is 4.90 Å². The van der Waals surface area contributed by atoms with Gasteiger partial charge in [-0.05, 0) is 0 Å². The molecule has 0 radical (unpaired) electrons. The molecule has 1 aliphatic rings. The van der Waals surface area contributed by atoms with E-state index in [1.165, 1.54) is 0 Å². The van der Waals surface area contributed by atoms with Crippen molar-refractivity contribution in [3.63, 3.8) is 0 Å². The number of nitrogens with zero attached hydrogens (tertiary/aromatic N) is 2. The predicted octanol–water partition coefficient (Wildman–Crippen LogP) is -0.725. The van der Waals surface area contributed by atoms with E-state index < -0.39 is 18.6 Å². The van der Waals surface area contributed by atoms with Crippen molar-refractivity contribution in [2.24, 2.45) is 0 Å². The minimum Gasteiger partial charge on any atom is -0.395 e. The van der Waals surface area contributed by atoms with Gasteiger partial charge < -0.3 is 10.4 Å². The Morgan fingerprint density at radius 1 is 1.17 bits per heavy atom. The van der Waals surface area contributed by atoms with Crippen molar-refractivity contribution in [2.45, 2.75) is 6.18 Å². The Bertz CT molecular complexity index is 266. The highest BCUT2D eigenvalue weighted by Gasteiger charge is 2.28. The number of aliphatic hydroxyl groups is 1. The van der Waals surface area contributed by atoms with E-state index in [4.69, 9.17) is 5.11 Å². The Morgan fingerprint density at radius 3 is 2.22 bits per heavy atom. The number of hydrogen-bond donors (Lipinski definition) is 2. The van der Waals surface area contributed by atoms with Gasteiger partial charge in [0.1, 0.15) is 6.54 Å². The summed E-state index contributed by atoms with van der Waals surface area (Å²) in [6.45, 7) is 2.07. The van der Waals surface area contributed by atoms with Gasteiger partial charge in [-0.3, -0.25) is 14.6 Å². The maximum Gasteiger partial charge on any atom is 0.405 e. The van der Waals surface area contributed by atoms with Crippen molar-refractivity contribution in [1.29, 1.82) is 0 Å². The Kier molecular flexibility index (Phi) is 5.83. The van der Waals surface area contributed by atoms with Crippen LogP contribution in [0.25, 0.3) is 0 Å². The summed E-state index contributed by atoms with van der Waals surface area (Å²) in [6, 6.07) is 0. The number of piperazine rings is 1. The molecule has 5 nitrogen and oxygen atoms in total. The molecule has 0 aromatic heterocycles. The zero-order valence-electron chi connectivity index (χ0n) is 10.0. The van der Waals surface area contributed by atoms with Crippen molar-refractivity contribution in [2.75, 3.05) is 52.4 Å². The first kappa shape index (κ1) is 15.2. The molecule has 0 spiro atoms. The third-order valence-electron chi connectivity index (χ3n) is 2.73. The highest BCUT2D eigenvalue weighted by molar-refractivity contribution is 5.78. The zero-order chi connectivity index (χ0) is 13.6. The Morgan fingerprint density at radius 2 is 1.72 bits per heavy atom. The lowest BCUT2D eigenvalue weighted by atomic mass is 10.3. The molecule has 1 amide bonds. The lowest BCUT2D eigenvalue weighted by molar-refractivity contribution is -0.139. The molecule has 1 aliphatic heterocycles. The summed E-state index contributed by atoms with van der Waals surface area (Å²) in [5.74, 6) is -0.608. The number of hydrogen-bond acceptors (Lipinski definition) is 4. The molecule has 1 rings (SSSR count). The van der Waals surface area contributed by atoms with Crippen LogP contribution in [0.3, 0.4) is 0 Å². The van der Waals surface area contributed by atoms with Crippen molar-refractivity contribution in [3.05, 3.63) is 0 Å². The summed E-state index contributed by atoms with van der Waals surface area (Å²) in [5, 5.41) is 10.6. The second-order valence-corrected chi connectivity index (χ2v) is 4.23. The van der Waals surface area contributed by atoms with Crippen LogP contribution in [-0.2, 0) is 4.79 Å². The van der Waals surface area contributed by atoms with Gasteiger partial charge in [0.15, 0.2) is 0 Å². The summed E-state index contributed by atoms with van der Waals surface area (Å²) < 4.78 is 35.6. The number of β-amino-alcohol motifs (C(OH)–C–C–N with tert-alkyl or cyclic N) is 1.